The van der Waals surface area contributed by atoms with Gasteiger partial charge >= 0.3 is 6.18 Å². The van der Waals surface area contributed by atoms with Gasteiger partial charge < -0.3 is 5.73 Å². The van der Waals surface area contributed by atoms with Gasteiger partial charge in [0.1, 0.15) is 6.54 Å². The first-order valence-corrected chi connectivity index (χ1v) is 6.58. The first-order valence-electron chi connectivity index (χ1n) is 5.14. The molecule has 0 aliphatic rings. The van der Waals surface area contributed by atoms with Crippen LogP contribution in [0.1, 0.15) is 13.8 Å². The topological polar surface area (TPSA) is 75.4 Å². The minimum atomic E-state index is -4.56. The number of nitrogens with two attached hydrogens (primary N) is 1. The van der Waals surface area contributed by atoms with Gasteiger partial charge in [0.25, 0.3) is 10.2 Å². The number of hydrogen-bond donors (Lipinski definition) is 2. The summed E-state index contributed by atoms with van der Waals surface area (Å²) in [6.45, 7) is 2.17. The Balaban J connectivity index is 4.54. The molecule has 0 aromatic rings. The monoisotopic (exact) mass is 277 g/mol. The van der Waals surface area contributed by atoms with E-state index in [2.05, 4.69) is 0 Å². The molecule has 3 N–H and O–H groups in total. The van der Waals surface area contributed by atoms with Gasteiger partial charge in [0.2, 0.25) is 0 Å². The minimum Gasteiger partial charge on any atom is -0.330 e. The first-order chi connectivity index (χ1) is 7.62. The number of rotatable bonds is 7. The van der Waals surface area contributed by atoms with Crippen LogP contribution in [0.3, 0.4) is 0 Å². The Labute approximate surface area is 99.3 Å². The zero-order chi connectivity index (χ0) is 13.7. The molecule has 9 heteroatoms. The molecule has 0 aromatic carbocycles. The van der Waals surface area contributed by atoms with Crippen molar-refractivity contribution in [1.82, 2.24) is 9.03 Å². The smallest absolute Gasteiger partial charge is 0.330 e. The van der Waals surface area contributed by atoms with E-state index >= 15 is 0 Å². The Kier molecular flexibility index (Phi) is 6.38. The van der Waals surface area contributed by atoms with E-state index in [-0.39, 0.29) is 25.6 Å². The summed E-state index contributed by atoms with van der Waals surface area (Å²) in [6, 6.07) is 0. The van der Waals surface area contributed by atoms with Crippen LogP contribution in [0.4, 0.5) is 13.2 Å². The fourth-order valence-corrected chi connectivity index (χ4v) is 2.40. The molecule has 0 saturated heterocycles. The zero-order valence-corrected chi connectivity index (χ0v) is 10.6. The highest BCUT2D eigenvalue weighted by molar-refractivity contribution is 7.87. The summed E-state index contributed by atoms with van der Waals surface area (Å²) in [5.74, 6) is -0.114. The average molecular weight is 277 g/mol. The molecule has 5 nitrogen and oxygen atoms in total. The Morgan fingerprint density at radius 1 is 1.41 bits per heavy atom. The summed E-state index contributed by atoms with van der Waals surface area (Å²) < 4.78 is 61.3. The summed E-state index contributed by atoms with van der Waals surface area (Å²) >= 11 is 0. The SMILES string of the molecule is CCN(CC(C)CN)S(=O)(=O)NCC(F)(F)F. The number of hydrogen-bond acceptors (Lipinski definition) is 3. The normalized spacial score (nSPS) is 15.2. The minimum absolute atomic E-state index is 0.0948. The lowest BCUT2D eigenvalue weighted by Crippen LogP contribution is -2.46. The lowest BCUT2D eigenvalue weighted by Gasteiger charge is -2.23. The molecule has 0 spiro atoms. The predicted molar refractivity (Wildman–Crippen MR) is 58.4 cm³/mol. The van der Waals surface area contributed by atoms with Crippen LogP contribution >= 0.6 is 0 Å². The third-order valence-electron chi connectivity index (χ3n) is 2.07. The molecule has 0 radical (unpaired) electrons. The molecule has 0 saturated carbocycles. The third kappa shape index (κ3) is 6.81. The summed E-state index contributed by atoms with van der Waals surface area (Å²) in [7, 11) is -4.10. The van der Waals surface area contributed by atoms with E-state index in [0.29, 0.717) is 0 Å². The van der Waals surface area contributed by atoms with E-state index in [1.54, 1.807) is 13.8 Å². The molecule has 0 amide bonds. The summed E-state index contributed by atoms with van der Waals surface area (Å²) in [6.07, 6.45) is -4.56. The number of halogens is 3. The Hall–Kier alpha value is -0.380. The zero-order valence-electron chi connectivity index (χ0n) is 9.79. The third-order valence-corrected chi connectivity index (χ3v) is 3.66. The van der Waals surface area contributed by atoms with Gasteiger partial charge in [-0.25, -0.2) is 0 Å². The van der Waals surface area contributed by atoms with Crippen molar-refractivity contribution in [3.8, 4) is 0 Å². The highest BCUT2D eigenvalue weighted by Gasteiger charge is 2.31. The van der Waals surface area contributed by atoms with Crippen molar-refractivity contribution in [2.24, 2.45) is 11.7 Å². The average Bonchev–Trinajstić information content (AvgIpc) is 2.21. The second-order valence-corrected chi connectivity index (χ2v) is 5.49. The van der Waals surface area contributed by atoms with Gasteiger partial charge in [-0.2, -0.15) is 30.6 Å². The second-order valence-electron chi connectivity index (χ2n) is 3.73. The van der Waals surface area contributed by atoms with Crippen LogP contribution in [0.25, 0.3) is 0 Å². The Morgan fingerprint density at radius 3 is 2.29 bits per heavy atom. The number of nitrogens with one attached hydrogen (secondary N) is 1. The maximum Gasteiger partial charge on any atom is 0.402 e. The maximum atomic E-state index is 11.9. The van der Waals surface area contributed by atoms with E-state index in [1.165, 1.54) is 4.72 Å². The van der Waals surface area contributed by atoms with Gasteiger partial charge in [0.15, 0.2) is 0 Å². The van der Waals surface area contributed by atoms with Gasteiger partial charge in [0.05, 0.1) is 0 Å². The van der Waals surface area contributed by atoms with E-state index in [9.17, 15) is 21.6 Å². The molecule has 0 aliphatic heterocycles. The van der Waals surface area contributed by atoms with Gasteiger partial charge in [-0.3, -0.25) is 0 Å². The molecule has 0 fully saturated rings. The largest absolute Gasteiger partial charge is 0.402 e. The standard InChI is InChI=1S/C8H18F3N3O2S/c1-3-14(5-7(2)4-12)17(15,16)13-6-8(9,10)11/h7,13H,3-6,12H2,1-2H3. The van der Waals surface area contributed by atoms with Crippen LogP contribution in [0, 0.1) is 5.92 Å². The van der Waals surface area contributed by atoms with E-state index in [1.807, 2.05) is 0 Å². The van der Waals surface area contributed by atoms with Crippen molar-refractivity contribution in [2.75, 3.05) is 26.2 Å². The Bertz CT molecular complexity index is 318. The lowest BCUT2D eigenvalue weighted by atomic mass is 10.2. The van der Waals surface area contributed by atoms with Gasteiger partial charge in [0, 0.05) is 13.1 Å². The van der Waals surface area contributed by atoms with Crippen molar-refractivity contribution >= 4 is 10.2 Å². The van der Waals surface area contributed by atoms with Crippen molar-refractivity contribution in [3.63, 3.8) is 0 Å². The molecule has 0 bridgehead atoms. The van der Waals surface area contributed by atoms with Crippen LogP contribution < -0.4 is 10.5 Å². The molecule has 1 unspecified atom stereocenters. The van der Waals surface area contributed by atoms with Gasteiger partial charge in [-0.1, -0.05) is 13.8 Å². The van der Waals surface area contributed by atoms with Crippen LogP contribution in [-0.2, 0) is 10.2 Å². The molecular formula is C8H18F3N3O2S. The van der Waals surface area contributed by atoms with E-state index in [4.69, 9.17) is 5.73 Å². The molecule has 104 valence electrons. The summed E-state index contributed by atoms with van der Waals surface area (Å²) in [5.41, 5.74) is 5.34. The second kappa shape index (κ2) is 6.53. The number of alkyl halides is 3. The maximum absolute atomic E-state index is 11.9. The first kappa shape index (κ1) is 16.6. The highest BCUT2D eigenvalue weighted by Crippen LogP contribution is 2.13. The lowest BCUT2D eigenvalue weighted by molar-refractivity contribution is -0.121. The molecule has 0 rings (SSSR count). The summed E-state index contributed by atoms with van der Waals surface area (Å²) in [5, 5.41) is 0. The quantitative estimate of drug-likeness (QED) is 0.703. The van der Waals surface area contributed by atoms with E-state index in [0.717, 1.165) is 4.31 Å². The predicted octanol–water partition coefficient (Wildman–Crippen LogP) is 0.300. The van der Waals surface area contributed by atoms with Crippen molar-refractivity contribution in [1.29, 1.82) is 0 Å². The van der Waals surface area contributed by atoms with Crippen LogP contribution in [0.5, 0.6) is 0 Å². The van der Waals surface area contributed by atoms with Gasteiger partial charge in [-0.05, 0) is 12.5 Å². The van der Waals surface area contributed by atoms with Crippen molar-refractivity contribution in [3.05, 3.63) is 0 Å². The van der Waals surface area contributed by atoms with Gasteiger partial charge in [-0.15, -0.1) is 0 Å². The van der Waals surface area contributed by atoms with Crippen molar-refractivity contribution < 1.29 is 21.6 Å². The highest BCUT2D eigenvalue weighted by atomic mass is 32.2. The fourth-order valence-electron chi connectivity index (χ4n) is 1.08. The van der Waals surface area contributed by atoms with Crippen LogP contribution in [0.15, 0.2) is 0 Å². The van der Waals surface area contributed by atoms with E-state index < -0.39 is 22.9 Å². The van der Waals surface area contributed by atoms with Crippen LogP contribution in [0.2, 0.25) is 0 Å². The molecule has 0 aromatic heterocycles. The summed E-state index contributed by atoms with van der Waals surface area (Å²) in [4.78, 5) is 0. The Morgan fingerprint density at radius 2 is 1.94 bits per heavy atom. The molecule has 17 heavy (non-hydrogen) atoms. The van der Waals surface area contributed by atoms with Crippen LogP contribution in [-0.4, -0.2) is 45.1 Å². The molecule has 1 atom stereocenters. The fraction of sp³-hybridized carbons (Fsp3) is 1.00. The molecular weight excluding hydrogens is 259 g/mol. The van der Waals surface area contributed by atoms with Crippen molar-refractivity contribution in [2.45, 2.75) is 20.0 Å². The molecule has 0 aliphatic carbocycles. The number of nitrogens with zero attached hydrogens (tertiary/aromatic N) is 1. The molecule has 0 heterocycles.